The van der Waals surface area contributed by atoms with E-state index in [1.165, 1.54) is 22.9 Å². The molecule has 0 saturated carbocycles. The summed E-state index contributed by atoms with van der Waals surface area (Å²) in [5.41, 5.74) is -10.2. The molecule has 0 spiro atoms. The predicted molar refractivity (Wildman–Crippen MR) is 288 cm³/mol. The number of phenolic OH excluding ortho intramolecular Hbond substituents is 1. The van der Waals surface area contributed by atoms with Gasteiger partial charge in [-0.3, -0.25) is 9.55 Å². The summed E-state index contributed by atoms with van der Waals surface area (Å²) in [7, 11) is 0. The van der Waals surface area contributed by atoms with E-state index >= 15 is 0 Å². The number of rotatable bonds is 7. The molecular weight excluding hydrogens is 827 g/mol. The van der Waals surface area contributed by atoms with Crippen LogP contribution in [0.5, 0.6) is 5.75 Å². The van der Waals surface area contributed by atoms with Gasteiger partial charge in [0, 0.05) is 65.5 Å². The lowest BCUT2D eigenvalue weighted by atomic mass is 9.79. The van der Waals surface area contributed by atoms with E-state index in [0.29, 0.717) is 61.8 Å². The molecule has 0 atom stereocenters. The van der Waals surface area contributed by atoms with Gasteiger partial charge in [-0.1, -0.05) is 192 Å². The second kappa shape index (κ2) is 17.2. The molecule has 0 saturated heterocycles. The monoisotopic (exact) mass is 919 g/mol. The fraction of sp³-hybridized carbons (Fsp3) is 0.250. The van der Waals surface area contributed by atoms with E-state index in [1.54, 1.807) is 91.0 Å². The molecule has 7 aromatic carbocycles. The standard InChI is InChI=1S/C64H65N3O/c1-61(2,3)48-28-26-42(27-29-48)44-32-33-65-55(37-44)47-35-45(41-20-15-13-16-21-41)34-46(36-47)51-24-19-25-57-58(51)66-60(53-39-50(63(7,8)9)40-54(59(53)68)64(10,11)12)67(57)56-31-30-49(62(4,5)6)38-52(56)43-22-17-14-18-23-43/h13-40,68H,1-12H3/i1D3,2D3,3D3,7D3,8D3,9D3,10D3,11D3,12D3. The van der Waals surface area contributed by atoms with Crippen molar-refractivity contribution in [3.63, 3.8) is 0 Å². The third-order valence-corrected chi connectivity index (χ3v) is 12.1. The van der Waals surface area contributed by atoms with Gasteiger partial charge in [-0.25, -0.2) is 4.98 Å². The zero-order chi connectivity index (χ0) is 70.8. The average molecular weight is 919 g/mol. The molecule has 2 aromatic heterocycles. The molecule has 1 N–H and O–H groups in total. The fourth-order valence-corrected chi connectivity index (χ4v) is 8.52. The third-order valence-electron chi connectivity index (χ3n) is 12.1. The fourth-order valence-electron chi connectivity index (χ4n) is 8.52. The molecule has 4 nitrogen and oxygen atoms in total. The number of aromatic nitrogens is 3. The van der Waals surface area contributed by atoms with E-state index in [-0.39, 0.29) is 22.8 Å². The molecule has 0 bridgehead atoms. The Labute approximate surface area is 442 Å². The van der Waals surface area contributed by atoms with E-state index < -0.39 is 117 Å². The van der Waals surface area contributed by atoms with Crippen LogP contribution >= 0.6 is 0 Å². The molecule has 68 heavy (non-hydrogen) atoms. The maximum absolute atomic E-state index is 13.2. The summed E-state index contributed by atoms with van der Waals surface area (Å²) in [4.78, 5) is 9.93. The summed E-state index contributed by atoms with van der Waals surface area (Å²) in [6, 6.07) is 43.1. The van der Waals surface area contributed by atoms with E-state index in [4.69, 9.17) is 47.0 Å². The molecule has 4 heteroatoms. The molecular formula is C64H65N3O. The van der Waals surface area contributed by atoms with Crippen LogP contribution in [0, 0.1) is 0 Å². The summed E-state index contributed by atoms with van der Waals surface area (Å²) in [5, 5.41) is 13.2. The predicted octanol–water partition coefficient (Wildman–Crippen LogP) is 17.3. The molecule has 9 rings (SSSR count). The number of imidazole rings is 1. The van der Waals surface area contributed by atoms with Crippen LogP contribution in [0.15, 0.2) is 170 Å². The largest absolute Gasteiger partial charge is 0.507 e. The molecule has 9 aromatic rings. The molecule has 0 aliphatic carbocycles. The Morgan fingerprint density at radius 1 is 0.441 bits per heavy atom. The number of hydrogen-bond donors (Lipinski definition) is 1. The highest BCUT2D eigenvalue weighted by molar-refractivity contribution is 5.98. The lowest BCUT2D eigenvalue weighted by molar-refractivity contribution is 0.446. The van der Waals surface area contributed by atoms with Gasteiger partial charge in [0.1, 0.15) is 11.6 Å². The van der Waals surface area contributed by atoms with E-state index in [9.17, 15) is 5.11 Å². The molecule has 2 heterocycles. The van der Waals surface area contributed by atoms with Gasteiger partial charge in [-0.05, 0) is 126 Å². The first-order valence-electron chi connectivity index (χ1n) is 35.3. The molecule has 342 valence electrons. The lowest BCUT2D eigenvalue weighted by Crippen LogP contribution is -2.17. The molecule has 0 aliphatic heterocycles. The maximum Gasteiger partial charge on any atom is 0.149 e. The van der Waals surface area contributed by atoms with Gasteiger partial charge < -0.3 is 5.11 Å². The van der Waals surface area contributed by atoms with Crippen LogP contribution in [0.1, 0.15) is 142 Å². The Hall–Kier alpha value is -7.04. The minimum absolute atomic E-state index is 0.0513. The van der Waals surface area contributed by atoms with Crippen molar-refractivity contribution in [2.24, 2.45) is 0 Å². The first kappa shape index (κ1) is 23.8. The van der Waals surface area contributed by atoms with Crippen molar-refractivity contribution in [1.82, 2.24) is 14.5 Å². The van der Waals surface area contributed by atoms with Gasteiger partial charge in [0.2, 0.25) is 0 Å². The van der Waals surface area contributed by atoms with Crippen molar-refractivity contribution < 1.29 is 42.1 Å². The highest BCUT2D eigenvalue weighted by Crippen LogP contribution is 2.46. The summed E-state index contributed by atoms with van der Waals surface area (Å²) in [5.74, 6) is -1.94. The minimum Gasteiger partial charge on any atom is -0.507 e. The van der Waals surface area contributed by atoms with Gasteiger partial charge >= 0.3 is 0 Å². The van der Waals surface area contributed by atoms with Gasteiger partial charge in [0.05, 0.1) is 28.0 Å². The maximum atomic E-state index is 13.2. The number of hydrogen-bond acceptors (Lipinski definition) is 3. The number of benzene rings is 7. The molecule has 0 aliphatic rings. The van der Waals surface area contributed by atoms with Crippen LogP contribution in [-0.4, -0.2) is 19.6 Å². The van der Waals surface area contributed by atoms with E-state index in [1.807, 2.05) is 57.2 Å². The summed E-state index contributed by atoms with van der Waals surface area (Å²) >= 11 is 0. The zero-order valence-electron chi connectivity index (χ0n) is 64.5. The number of nitrogens with zero attached hydrogens (tertiary/aromatic N) is 3. The topological polar surface area (TPSA) is 50.9 Å². The van der Waals surface area contributed by atoms with Crippen molar-refractivity contribution >= 4 is 11.0 Å². The van der Waals surface area contributed by atoms with Crippen LogP contribution in [0.4, 0.5) is 0 Å². The molecule has 0 unspecified atom stereocenters. The Balaban J connectivity index is 1.43. The smallest absolute Gasteiger partial charge is 0.149 e. The van der Waals surface area contributed by atoms with Gasteiger partial charge in [0.25, 0.3) is 0 Å². The van der Waals surface area contributed by atoms with Crippen LogP contribution in [0.3, 0.4) is 0 Å². The van der Waals surface area contributed by atoms with E-state index in [0.717, 1.165) is 17.7 Å². The molecule has 0 radical (unpaired) electrons. The van der Waals surface area contributed by atoms with Crippen molar-refractivity contribution in [2.75, 3.05) is 0 Å². The number of para-hydroxylation sites is 1. The lowest BCUT2D eigenvalue weighted by Gasteiger charge is -2.28. The van der Waals surface area contributed by atoms with Crippen LogP contribution < -0.4 is 0 Å². The number of aromatic hydroxyl groups is 1. The summed E-state index contributed by atoms with van der Waals surface area (Å²) in [6.45, 7) is -29.6. The van der Waals surface area contributed by atoms with Crippen molar-refractivity contribution in [3.05, 3.63) is 192 Å². The first-order valence-corrected chi connectivity index (χ1v) is 21.8. The van der Waals surface area contributed by atoms with Crippen molar-refractivity contribution in [3.8, 4) is 78.6 Å². The van der Waals surface area contributed by atoms with Crippen molar-refractivity contribution in [1.29, 1.82) is 0 Å². The quantitative estimate of drug-likeness (QED) is 0.173. The normalized spacial score (nSPS) is 20.0. The Bertz CT molecular complexity index is 4220. The third kappa shape index (κ3) is 9.05. The summed E-state index contributed by atoms with van der Waals surface area (Å²) < 4.78 is 235. The zero-order valence-corrected chi connectivity index (χ0v) is 37.5. The van der Waals surface area contributed by atoms with Crippen LogP contribution in [0.2, 0.25) is 0 Å². The number of pyridine rings is 1. The van der Waals surface area contributed by atoms with Gasteiger partial charge in [-0.2, -0.15) is 0 Å². The number of fused-ring (bicyclic) bond motifs is 1. The minimum atomic E-state index is -4.22. The highest BCUT2D eigenvalue weighted by Gasteiger charge is 2.30. The SMILES string of the molecule is [2H]C([2H])([2H])C(c1ccc(-c2ccnc(-c3cc(-c4ccccc4)cc(-c4cccc5c4nc(-c4cc(C(C([2H])([2H])[2H])(C([2H])([2H])[2H])C([2H])([2H])[2H])cc(C(C([2H])([2H])[2H])(C([2H])([2H])[2H])C([2H])([2H])[2H])c4O)n5-c4ccc(C(C)(C)C)cc4-c4ccccc4)c3)c2)cc1)(C([2H])([2H])[2H])C([2H])([2H])[2H]. The molecule has 0 fully saturated rings. The molecule has 0 amide bonds. The van der Waals surface area contributed by atoms with Gasteiger partial charge in [0.15, 0.2) is 0 Å². The van der Waals surface area contributed by atoms with Crippen molar-refractivity contribution in [2.45, 2.75) is 104 Å². The highest BCUT2D eigenvalue weighted by atomic mass is 16.3. The first-order chi connectivity index (χ1) is 43.4. The second-order valence-electron chi connectivity index (χ2n) is 18.1. The Morgan fingerprint density at radius 2 is 1.04 bits per heavy atom. The van der Waals surface area contributed by atoms with Crippen LogP contribution in [-0.2, 0) is 21.7 Å². The Kier molecular flexibility index (Phi) is 6.03. The summed E-state index contributed by atoms with van der Waals surface area (Å²) in [6.07, 6.45) is 1.49. The second-order valence-corrected chi connectivity index (χ2v) is 18.1. The average Bonchev–Trinajstić information content (AvgIpc) is 1.18. The number of phenols is 1. The Morgan fingerprint density at radius 3 is 1.72 bits per heavy atom. The van der Waals surface area contributed by atoms with Crippen LogP contribution in [0.25, 0.3) is 83.9 Å². The van der Waals surface area contributed by atoms with E-state index in [2.05, 4.69) is 0 Å². The van der Waals surface area contributed by atoms with Gasteiger partial charge in [-0.15, -0.1) is 0 Å².